The third-order valence-electron chi connectivity index (χ3n) is 5.66. The minimum absolute atomic E-state index is 0.0875. The van der Waals surface area contributed by atoms with E-state index in [1.807, 2.05) is 0 Å². The first-order valence-electron chi connectivity index (χ1n) is 9.78. The van der Waals surface area contributed by atoms with E-state index in [9.17, 15) is 49.6 Å². The van der Waals surface area contributed by atoms with E-state index in [4.69, 9.17) is 0 Å². The number of rotatable bonds is 9. The number of Topliss-reactive ketones (excluding diaryl/α,β-unsaturated/α-hetero) is 1. The second-order valence-corrected chi connectivity index (χ2v) is 7.64. The van der Waals surface area contributed by atoms with Gasteiger partial charge in [-0.3, -0.25) is 39.4 Å². The molecule has 2 aromatic rings. The van der Waals surface area contributed by atoms with Crippen LogP contribution >= 0.6 is 0 Å². The quantitative estimate of drug-likeness (QED) is 0.357. The molecular formula is C21H17N3O10. The van der Waals surface area contributed by atoms with Crippen LogP contribution in [0.2, 0.25) is 0 Å². The first kappa shape index (κ1) is 24.0. The Balaban J connectivity index is 1.79. The third-order valence-corrected chi connectivity index (χ3v) is 5.66. The van der Waals surface area contributed by atoms with Crippen LogP contribution in [0.5, 0.6) is 0 Å². The van der Waals surface area contributed by atoms with Gasteiger partial charge in [-0.25, -0.2) is 0 Å². The van der Waals surface area contributed by atoms with Gasteiger partial charge in [-0.2, -0.15) is 0 Å². The molecule has 0 aliphatic heterocycles. The topological polar surface area (TPSA) is 207 Å². The van der Waals surface area contributed by atoms with Crippen LogP contribution in [0.25, 0.3) is 0 Å². The number of nitro groups is 2. The number of hydrogen-bond acceptors (Lipinski definition) is 8. The Bertz CT molecular complexity index is 1070. The van der Waals surface area contributed by atoms with Gasteiger partial charge in [-0.1, -0.05) is 12.1 Å². The minimum atomic E-state index is -1.61. The van der Waals surface area contributed by atoms with E-state index in [0.29, 0.717) is 5.56 Å². The van der Waals surface area contributed by atoms with E-state index in [-0.39, 0.29) is 23.5 Å². The van der Waals surface area contributed by atoms with Crippen LogP contribution in [0, 0.1) is 43.9 Å². The summed E-state index contributed by atoms with van der Waals surface area (Å²) in [6, 6.07) is 9.56. The number of carboxylic acids is 2. The number of carboxylic acid groups (broad SMARTS) is 2. The van der Waals surface area contributed by atoms with E-state index in [1.54, 1.807) is 0 Å². The van der Waals surface area contributed by atoms with E-state index < -0.39 is 57.1 Å². The number of carbonyl (C=O) groups excluding carboxylic acids is 2. The molecule has 0 aromatic heterocycles. The smallest absolute Gasteiger partial charge is 0.308 e. The van der Waals surface area contributed by atoms with E-state index in [1.165, 1.54) is 24.3 Å². The Kier molecular flexibility index (Phi) is 6.66. The molecule has 2 aromatic carbocycles. The van der Waals surface area contributed by atoms with E-state index in [2.05, 4.69) is 5.32 Å². The molecule has 13 heteroatoms. The number of carbonyl (C=O) groups is 4. The predicted molar refractivity (Wildman–Crippen MR) is 113 cm³/mol. The Morgan fingerprint density at radius 1 is 0.735 bits per heavy atom. The number of nitrogens with one attached hydrogen (secondary N) is 1. The van der Waals surface area contributed by atoms with Gasteiger partial charge in [0.25, 0.3) is 11.4 Å². The van der Waals surface area contributed by atoms with Crippen LogP contribution in [0.3, 0.4) is 0 Å². The minimum Gasteiger partial charge on any atom is -0.481 e. The molecule has 13 nitrogen and oxygen atoms in total. The van der Waals surface area contributed by atoms with Crippen LogP contribution in [-0.2, 0) is 25.6 Å². The van der Waals surface area contributed by atoms with Crippen molar-refractivity contribution in [3.63, 3.8) is 0 Å². The molecule has 34 heavy (non-hydrogen) atoms. The standard InChI is InChI=1S/C21H17N3O10/c25-14(9-10-1-5-12(6-2-10)23(31)32)15-17(20(27)28)16(18(15)21(29)30)19(26)22-11-3-7-13(8-4-11)24(33)34/h1-8,15-18H,9H2,(H,22,26)(H,27,28)(H,29,30). The molecule has 1 amide bonds. The summed E-state index contributed by atoms with van der Waals surface area (Å²) in [5.41, 5.74) is -0.0489. The van der Waals surface area contributed by atoms with Gasteiger partial charge >= 0.3 is 11.9 Å². The summed E-state index contributed by atoms with van der Waals surface area (Å²) in [6.07, 6.45) is -0.368. The molecule has 1 aliphatic rings. The lowest BCUT2D eigenvalue weighted by Gasteiger charge is -2.45. The lowest BCUT2D eigenvalue weighted by molar-refractivity contribution is -0.385. The molecule has 0 spiro atoms. The number of aliphatic carboxylic acids is 2. The average Bonchev–Trinajstić information content (AvgIpc) is 2.73. The van der Waals surface area contributed by atoms with Crippen LogP contribution in [0.1, 0.15) is 5.56 Å². The number of anilines is 1. The molecule has 0 heterocycles. The molecule has 0 saturated heterocycles. The number of nitro benzene ring substituents is 2. The molecule has 176 valence electrons. The van der Waals surface area contributed by atoms with E-state index >= 15 is 0 Å². The van der Waals surface area contributed by atoms with Crippen molar-refractivity contribution in [2.45, 2.75) is 6.42 Å². The zero-order valence-electron chi connectivity index (χ0n) is 17.2. The molecule has 1 aliphatic carbocycles. The molecule has 3 N–H and O–H groups in total. The lowest BCUT2D eigenvalue weighted by Crippen LogP contribution is -2.61. The third kappa shape index (κ3) is 4.72. The summed E-state index contributed by atoms with van der Waals surface area (Å²) in [5.74, 6) is -11.0. The van der Waals surface area contributed by atoms with Gasteiger partial charge in [0.05, 0.1) is 27.6 Å². The summed E-state index contributed by atoms with van der Waals surface area (Å²) in [4.78, 5) is 69.4. The highest BCUT2D eigenvalue weighted by molar-refractivity contribution is 6.04. The predicted octanol–water partition coefficient (Wildman–Crippen LogP) is 1.90. The summed E-state index contributed by atoms with van der Waals surface area (Å²) in [7, 11) is 0. The maximum absolute atomic E-state index is 12.8. The Labute approximate surface area is 190 Å². The second kappa shape index (κ2) is 9.44. The fourth-order valence-corrected chi connectivity index (χ4v) is 4.04. The van der Waals surface area contributed by atoms with Crippen molar-refractivity contribution in [3.05, 3.63) is 74.3 Å². The second-order valence-electron chi connectivity index (χ2n) is 7.64. The molecule has 1 saturated carbocycles. The van der Waals surface area contributed by atoms with Crippen molar-refractivity contribution in [3.8, 4) is 0 Å². The zero-order chi connectivity index (χ0) is 25.2. The Hall–Kier alpha value is -4.68. The summed E-state index contributed by atoms with van der Waals surface area (Å²) < 4.78 is 0. The molecule has 3 rings (SSSR count). The van der Waals surface area contributed by atoms with Gasteiger partial charge in [0, 0.05) is 42.3 Å². The highest BCUT2D eigenvalue weighted by Crippen LogP contribution is 2.48. The molecule has 0 radical (unpaired) electrons. The number of ketones is 1. The van der Waals surface area contributed by atoms with Gasteiger partial charge in [0.1, 0.15) is 5.78 Å². The highest BCUT2D eigenvalue weighted by Gasteiger charge is 2.63. The van der Waals surface area contributed by atoms with Crippen molar-refractivity contribution in [1.82, 2.24) is 0 Å². The van der Waals surface area contributed by atoms with Crippen molar-refractivity contribution in [1.29, 1.82) is 0 Å². The molecule has 1 fully saturated rings. The molecule has 2 atom stereocenters. The van der Waals surface area contributed by atoms with E-state index in [0.717, 1.165) is 24.3 Å². The van der Waals surface area contributed by atoms with Crippen molar-refractivity contribution in [2.24, 2.45) is 23.7 Å². The number of non-ortho nitro benzene ring substituents is 2. The fraction of sp³-hybridized carbons (Fsp3) is 0.238. The number of benzene rings is 2. The maximum atomic E-state index is 12.8. The van der Waals surface area contributed by atoms with Gasteiger partial charge in [0.15, 0.2) is 0 Å². The van der Waals surface area contributed by atoms with Gasteiger partial charge in [-0.15, -0.1) is 0 Å². The maximum Gasteiger partial charge on any atom is 0.308 e. The number of nitrogens with zero attached hydrogens (tertiary/aromatic N) is 2. The Morgan fingerprint density at radius 3 is 1.59 bits per heavy atom. The first-order chi connectivity index (χ1) is 16.0. The van der Waals surface area contributed by atoms with Crippen molar-refractivity contribution >= 4 is 40.7 Å². The monoisotopic (exact) mass is 471 g/mol. The molecular weight excluding hydrogens is 454 g/mol. The fourth-order valence-electron chi connectivity index (χ4n) is 4.04. The normalized spacial score (nSPS) is 21.1. The SMILES string of the molecule is O=C(O)C1C(C(=O)Cc2ccc([N+](=O)[O-])cc2)C(C(=O)O)C1C(=O)Nc1ccc([N+](=O)[O-])cc1. The average molecular weight is 471 g/mol. The summed E-state index contributed by atoms with van der Waals surface area (Å²) in [6.45, 7) is 0. The Morgan fingerprint density at radius 2 is 1.18 bits per heavy atom. The number of amides is 1. The van der Waals surface area contributed by atoms with Crippen LogP contribution in [-0.4, -0.2) is 43.7 Å². The van der Waals surface area contributed by atoms with Crippen LogP contribution in [0.15, 0.2) is 48.5 Å². The molecule has 0 bridgehead atoms. The van der Waals surface area contributed by atoms with Crippen molar-refractivity contribution in [2.75, 3.05) is 5.32 Å². The largest absolute Gasteiger partial charge is 0.481 e. The van der Waals surface area contributed by atoms with Crippen LogP contribution in [0.4, 0.5) is 17.1 Å². The summed E-state index contributed by atoms with van der Waals surface area (Å²) in [5, 5.41) is 43.1. The lowest BCUT2D eigenvalue weighted by atomic mass is 9.54. The summed E-state index contributed by atoms with van der Waals surface area (Å²) >= 11 is 0. The van der Waals surface area contributed by atoms with Gasteiger partial charge < -0.3 is 15.5 Å². The highest BCUT2D eigenvalue weighted by atomic mass is 16.6. The first-order valence-corrected chi connectivity index (χ1v) is 9.78. The van der Waals surface area contributed by atoms with Gasteiger partial charge in [0.2, 0.25) is 5.91 Å². The van der Waals surface area contributed by atoms with Crippen LogP contribution < -0.4 is 5.32 Å². The van der Waals surface area contributed by atoms with Gasteiger partial charge in [-0.05, 0) is 17.7 Å². The molecule has 2 unspecified atom stereocenters. The number of hydrogen-bond donors (Lipinski definition) is 3. The zero-order valence-corrected chi connectivity index (χ0v) is 17.2. The van der Waals surface area contributed by atoms with Crippen molar-refractivity contribution < 1.29 is 39.2 Å².